The monoisotopic (exact) mass is 533 g/mol. The molecule has 4 saturated carbocycles. The Labute approximate surface area is 232 Å². The molecule has 2 aromatic rings. The number of nitrogens with zero attached hydrogens (tertiary/aromatic N) is 1. The summed E-state index contributed by atoms with van der Waals surface area (Å²) < 4.78 is 6.97. The molecular formula is C34H51NO2Si. The van der Waals surface area contributed by atoms with Crippen LogP contribution in [-0.4, -0.2) is 24.5 Å². The molecule has 1 aromatic heterocycles. The molecule has 0 aliphatic heterocycles. The molecule has 1 heterocycles. The topological polar surface area (TPSA) is 42.4 Å². The van der Waals surface area contributed by atoms with Crippen LogP contribution in [0.4, 0.5) is 0 Å². The molecule has 4 aliphatic carbocycles. The Morgan fingerprint density at radius 2 is 1.68 bits per heavy atom. The summed E-state index contributed by atoms with van der Waals surface area (Å²) in [5.41, 5.74) is 0.770. The van der Waals surface area contributed by atoms with Gasteiger partial charge in [-0.1, -0.05) is 46.8 Å². The molecule has 1 unspecified atom stereocenters. The van der Waals surface area contributed by atoms with E-state index in [-0.39, 0.29) is 10.5 Å². The largest absolute Gasteiger partial charge is 0.414 e. The molecule has 4 heteroatoms. The Morgan fingerprint density at radius 3 is 2.45 bits per heavy atom. The minimum atomic E-state index is -1.73. The molecule has 0 spiro atoms. The van der Waals surface area contributed by atoms with Gasteiger partial charge in [0.05, 0.1) is 5.60 Å². The predicted molar refractivity (Wildman–Crippen MR) is 159 cm³/mol. The highest BCUT2D eigenvalue weighted by Crippen LogP contribution is 2.70. The minimum Gasteiger partial charge on any atom is -0.414 e. The number of rotatable bonds is 3. The second kappa shape index (κ2) is 8.88. The van der Waals surface area contributed by atoms with Crippen molar-refractivity contribution in [1.82, 2.24) is 4.98 Å². The van der Waals surface area contributed by atoms with Crippen LogP contribution in [0.2, 0.25) is 18.1 Å². The van der Waals surface area contributed by atoms with Gasteiger partial charge >= 0.3 is 0 Å². The molecule has 1 aromatic carbocycles. The SMILES string of the molecule is CC(C)(C)[Si](C)(C)O[C@@H]1CC[C@@]2(C)[C@@H](CC[C@@H]3[C@@H]2CC[C@@]2(C)[C@H]3CCC2(O)c2ccc3ccncc3c2)C1. The van der Waals surface area contributed by atoms with Crippen molar-refractivity contribution in [3.63, 3.8) is 0 Å². The van der Waals surface area contributed by atoms with E-state index in [1.54, 1.807) is 0 Å². The van der Waals surface area contributed by atoms with Gasteiger partial charge in [0.25, 0.3) is 0 Å². The van der Waals surface area contributed by atoms with E-state index in [2.05, 4.69) is 77.0 Å². The van der Waals surface area contributed by atoms with Crippen molar-refractivity contribution in [3.8, 4) is 0 Å². The summed E-state index contributed by atoms with van der Waals surface area (Å²) in [6.07, 6.45) is 15.3. The molecule has 6 rings (SSSR count). The lowest BCUT2D eigenvalue weighted by atomic mass is 9.44. The fourth-order valence-electron chi connectivity index (χ4n) is 9.75. The maximum absolute atomic E-state index is 12.4. The summed E-state index contributed by atoms with van der Waals surface area (Å²) in [5, 5.41) is 15.1. The Morgan fingerprint density at radius 1 is 0.921 bits per heavy atom. The maximum Gasteiger partial charge on any atom is 0.192 e. The van der Waals surface area contributed by atoms with E-state index >= 15 is 0 Å². The summed E-state index contributed by atoms with van der Waals surface area (Å²) in [4.78, 5) is 4.35. The zero-order valence-electron chi connectivity index (χ0n) is 25.0. The summed E-state index contributed by atoms with van der Waals surface area (Å²) in [5.74, 6) is 2.97. The first-order valence-corrected chi connectivity index (χ1v) is 18.4. The van der Waals surface area contributed by atoms with Crippen molar-refractivity contribution in [2.75, 3.05) is 0 Å². The van der Waals surface area contributed by atoms with Crippen LogP contribution in [-0.2, 0) is 10.0 Å². The third-order valence-electron chi connectivity index (χ3n) is 13.2. The second-order valence-corrected chi connectivity index (χ2v) is 20.5. The van der Waals surface area contributed by atoms with Crippen LogP contribution in [0.25, 0.3) is 10.8 Å². The van der Waals surface area contributed by atoms with Gasteiger partial charge in [0.1, 0.15) is 0 Å². The van der Waals surface area contributed by atoms with E-state index < -0.39 is 13.9 Å². The molecule has 0 saturated heterocycles. The van der Waals surface area contributed by atoms with Crippen molar-refractivity contribution < 1.29 is 9.53 Å². The van der Waals surface area contributed by atoms with Crippen LogP contribution >= 0.6 is 0 Å². The third kappa shape index (κ3) is 3.90. The predicted octanol–water partition coefficient (Wildman–Crippen LogP) is 8.86. The molecule has 0 amide bonds. The smallest absolute Gasteiger partial charge is 0.192 e. The van der Waals surface area contributed by atoms with Crippen molar-refractivity contribution >= 4 is 19.1 Å². The molecule has 4 fully saturated rings. The number of pyridine rings is 1. The number of aromatic nitrogens is 1. The maximum atomic E-state index is 12.4. The molecule has 3 nitrogen and oxygen atoms in total. The molecule has 1 N–H and O–H groups in total. The molecule has 0 bridgehead atoms. The average Bonchev–Trinajstić information content (AvgIpc) is 3.14. The summed E-state index contributed by atoms with van der Waals surface area (Å²) in [7, 11) is -1.73. The van der Waals surface area contributed by atoms with E-state index in [0.29, 0.717) is 17.4 Å². The molecule has 0 radical (unpaired) electrons. The van der Waals surface area contributed by atoms with Gasteiger partial charge in [-0.05, 0) is 128 Å². The highest BCUT2D eigenvalue weighted by molar-refractivity contribution is 6.74. The third-order valence-corrected chi connectivity index (χ3v) is 17.7. The summed E-state index contributed by atoms with van der Waals surface area (Å²) in [6, 6.07) is 8.68. The first-order valence-electron chi connectivity index (χ1n) is 15.5. The van der Waals surface area contributed by atoms with Crippen molar-refractivity contribution in [2.45, 2.75) is 122 Å². The fourth-order valence-corrected chi connectivity index (χ4v) is 11.2. The first kappa shape index (κ1) is 27.0. The van der Waals surface area contributed by atoms with E-state index in [1.807, 2.05) is 12.4 Å². The van der Waals surface area contributed by atoms with E-state index in [0.717, 1.165) is 48.0 Å². The van der Waals surface area contributed by atoms with Crippen LogP contribution in [0.3, 0.4) is 0 Å². The van der Waals surface area contributed by atoms with Gasteiger partial charge in [-0.25, -0.2) is 0 Å². The minimum absolute atomic E-state index is 0.0457. The van der Waals surface area contributed by atoms with Crippen molar-refractivity contribution in [2.24, 2.45) is 34.5 Å². The van der Waals surface area contributed by atoms with Gasteiger partial charge in [-0.15, -0.1) is 0 Å². The molecule has 4 aliphatic rings. The van der Waals surface area contributed by atoms with E-state index in [9.17, 15) is 5.11 Å². The highest BCUT2D eigenvalue weighted by atomic mass is 28.4. The van der Waals surface area contributed by atoms with E-state index in [1.165, 1.54) is 43.9 Å². The molecule has 8 atom stereocenters. The molecule has 208 valence electrons. The highest BCUT2D eigenvalue weighted by Gasteiger charge is 2.65. The van der Waals surface area contributed by atoms with Crippen LogP contribution in [0.15, 0.2) is 36.7 Å². The quantitative estimate of drug-likeness (QED) is 0.401. The van der Waals surface area contributed by atoms with Crippen molar-refractivity contribution in [3.05, 3.63) is 42.2 Å². The number of benzene rings is 1. The summed E-state index contributed by atoms with van der Waals surface area (Å²) in [6.45, 7) is 17.0. The Balaban J connectivity index is 1.22. The molecular weight excluding hydrogens is 482 g/mol. The van der Waals surface area contributed by atoms with Gasteiger partial charge in [0.15, 0.2) is 8.32 Å². The Kier molecular flexibility index (Phi) is 6.30. The standard InChI is InChI=1S/C34H51NO2Si/c1-31(2,3)38(6,7)37-27-12-16-32(4)25(21-27)10-11-28-29(32)13-17-33(5)30(28)14-18-34(33,36)26-9-8-23-15-19-35-22-24(23)20-26/h8-9,15,19-20,22,25,27-30,36H,10-14,16-18,21H2,1-7H3/t25-,27+,28+,29-,30-,32-,33-,34?/m0/s1. The molecule has 38 heavy (non-hydrogen) atoms. The normalized spacial score (nSPS) is 41.4. The van der Waals surface area contributed by atoms with Crippen LogP contribution in [0, 0.1) is 34.5 Å². The van der Waals surface area contributed by atoms with Gasteiger partial charge in [0, 0.05) is 29.3 Å². The lowest BCUT2D eigenvalue weighted by Crippen LogP contribution is -2.56. The number of hydrogen-bond acceptors (Lipinski definition) is 3. The number of fused-ring (bicyclic) bond motifs is 6. The van der Waals surface area contributed by atoms with Gasteiger partial charge in [-0.2, -0.15) is 0 Å². The average molecular weight is 534 g/mol. The first-order chi connectivity index (χ1) is 17.8. The zero-order valence-corrected chi connectivity index (χ0v) is 26.0. The Bertz CT molecular complexity index is 1200. The van der Waals surface area contributed by atoms with Crippen molar-refractivity contribution in [1.29, 1.82) is 0 Å². The zero-order chi connectivity index (χ0) is 27.1. The van der Waals surface area contributed by atoms with E-state index in [4.69, 9.17) is 4.43 Å². The van der Waals surface area contributed by atoms with Gasteiger partial charge < -0.3 is 9.53 Å². The number of hydrogen-bond donors (Lipinski definition) is 1. The lowest BCUT2D eigenvalue weighted by Gasteiger charge is -2.62. The lowest BCUT2D eigenvalue weighted by molar-refractivity contribution is -0.160. The van der Waals surface area contributed by atoms with Crippen LogP contribution in [0.5, 0.6) is 0 Å². The number of aliphatic hydroxyl groups is 1. The van der Waals surface area contributed by atoms with Gasteiger partial charge in [0.2, 0.25) is 0 Å². The van der Waals surface area contributed by atoms with Gasteiger partial charge in [-0.3, -0.25) is 4.98 Å². The van der Waals surface area contributed by atoms with Crippen LogP contribution < -0.4 is 0 Å². The summed E-state index contributed by atoms with van der Waals surface area (Å²) >= 11 is 0. The second-order valence-electron chi connectivity index (χ2n) is 15.7. The Hall–Kier alpha value is -1.23. The van der Waals surface area contributed by atoms with Crippen LogP contribution in [0.1, 0.15) is 98.0 Å². The fraction of sp³-hybridized carbons (Fsp3) is 0.735.